The van der Waals surface area contributed by atoms with Crippen molar-refractivity contribution in [3.05, 3.63) is 35.9 Å². The maximum absolute atomic E-state index is 12.4. The number of hydrogen-bond donors (Lipinski definition) is 1. The first-order valence-electron chi connectivity index (χ1n) is 8.35. The molecule has 1 atom stereocenters. The van der Waals surface area contributed by atoms with E-state index in [1.165, 1.54) is 0 Å². The zero-order chi connectivity index (χ0) is 17.8. The zero-order valence-electron chi connectivity index (χ0n) is 14.9. The van der Waals surface area contributed by atoms with Crippen LogP contribution < -0.4 is 5.32 Å². The first-order valence-corrected chi connectivity index (χ1v) is 8.35. The summed E-state index contributed by atoms with van der Waals surface area (Å²) in [5.74, 6) is -0.862. The van der Waals surface area contributed by atoms with Crippen LogP contribution in [-0.2, 0) is 25.5 Å². The van der Waals surface area contributed by atoms with Gasteiger partial charge in [-0.05, 0) is 19.4 Å². The Morgan fingerprint density at radius 2 is 1.83 bits per heavy atom. The van der Waals surface area contributed by atoms with Gasteiger partial charge in [-0.1, -0.05) is 44.2 Å². The molecule has 1 aliphatic heterocycles. The molecule has 1 saturated heterocycles. The van der Waals surface area contributed by atoms with Gasteiger partial charge in [-0.2, -0.15) is 0 Å². The van der Waals surface area contributed by atoms with Crippen molar-refractivity contribution in [1.82, 2.24) is 5.32 Å². The van der Waals surface area contributed by atoms with Gasteiger partial charge in [0.05, 0.1) is 6.61 Å². The highest BCUT2D eigenvalue weighted by Crippen LogP contribution is 2.34. The van der Waals surface area contributed by atoms with Gasteiger partial charge in [-0.15, -0.1) is 0 Å². The molecule has 2 rings (SSSR count). The van der Waals surface area contributed by atoms with Crippen molar-refractivity contribution in [1.29, 1.82) is 0 Å². The van der Waals surface area contributed by atoms with Gasteiger partial charge in [0.2, 0.25) is 5.91 Å². The number of rotatable bonds is 6. The number of benzene rings is 1. The Morgan fingerprint density at radius 1 is 1.17 bits per heavy atom. The lowest BCUT2D eigenvalue weighted by atomic mass is 9.85. The third kappa shape index (κ3) is 5.14. The molecule has 5 nitrogen and oxygen atoms in total. The number of carbonyl (C=O) groups is 2. The van der Waals surface area contributed by atoms with E-state index in [0.29, 0.717) is 26.0 Å². The number of nitrogens with one attached hydrogen (secondary N) is 1. The Bertz CT molecular complexity index is 580. The third-order valence-electron chi connectivity index (χ3n) is 4.09. The molecule has 1 fully saturated rings. The van der Waals surface area contributed by atoms with Crippen LogP contribution in [0.4, 0.5) is 0 Å². The van der Waals surface area contributed by atoms with Crippen LogP contribution >= 0.6 is 0 Å². The molecular weight excluding hydrogens is 306 g/mol. The summed E-state index contributed by atoms with van der Waals surface area (Å²) in [5.41, 5.74) is 0.581. The molecule has 24 heavy (non-hydrogen) atoms. The van der Waals surface area contributed by atoms with E-state index < -0.39 is 17.3 Å². The molecule has 0 radical (unpaired) electrons. The lowest BCUT2D eigenvalue weighted by molar-refractivity contribution is -0.304. The van der Waals surface area contributed by atoms with E-state index in [1.54, 1.807) is 13.8 Å². The standard InChI is InChI=1S/C19H27NO4/c1-18(2)13-23-19(3,4)24-16(18)17(22)20-11-10-15(21)12-14-8-6-5-7-9-14/h5-9,16H,10-13H2,1-4H3,(H,20,22)/t16-/m0/s1. The first-order chi connectivity index (χ1) is 11.2. The van der Waals surface area contributed by atoms with Gasteiger partial charge in [-0.3, -0.25) is 9.59 Å². The topological polar surface area (TPSA) is 64.6 Å². The maximum atomic E-state index is 12.4. The largest absolute Gasteiger partial charge is 0.353 e. The smallest absolute Gasteiger partial charge is 0.249 e. The van der Waals surface area contributed by atoms with Gasteiger partial charge in [-0.25, -0.2) is 0 Å². The van der Waals surface area contributed by atoms with Crippen molar-refractivity contribution in [2.75, 3.05) is 13.2 Å². The molecule has 1 aliphatic rings. The number of ether oxygens (including phenoxy) is 2. The van der Waals surface area contributed by atoms with Crippen molar-refractivity contribution >= 4 is 11.7 Å². The summed E-state index contributed by atoms with van der Waals surface area (Å²) in [6.07, 6.45) is 0.113. The van der Waals surface area contributed by atoms with Crippen LogP contribution in [0.1, 0.15) is 39.7 Å². The minimum Gasteiger partial charge on any atom is -0.353 e. The number of amides is 1. The number of Topliss-reactive ketones (excluding diaryl/α,β-unsaturated/α-hetero) is 1. The molecule has 0 saturated carbocycles. The van der Waals surface area contributed by atoms with Gasteiger partial charge in [0.25, 0.3) is 0 Å². The quantitative estimate of drug-likeness (QED) is 0.869. The highest BCUT2D eigenvalue weighted by atomic mass is 16.7. The monoisotopic (exact) mass is 333 g/mol. The highest BCUT2D eigenvalue weighted by Gasteiger charge is 2.45. The minimum absolute atomic E-state index is 0.106. The molecule has 1 amide bonds. The molecule has 1 heterocycles. The Balaban J connectivity index is 1.81. The molecule has 0 bridgehead atoms. The Morgan fingerprint density at radius 3 is 2.50 bits per heavy atom. The molecule has 132 valence electrons. The van der Waals surface area contributed by atoms with Crippen molar-refractivity contribution in [3.8, 4) is 0 Å². The number of carbonyl (C=O) groups excluding carboxylic acids is 2. The Labute approximate surface area is 143 Å². The van der Waals surface area contributed by atoms with E-state index in [2.05, 4.69) is 5.32 Å². The van der Waals surface area contributed by atoms with Crippen LogP contribution in [-0.4, -0.2) is 36.7 Å². The van der Waals surface area contributed by atoms with E-state index in [-0.39, 0.29) is 11.7 Å². The van der Waals surface area contributed by atoms with Crippen molar-refractivity contribution in [3.63, 3.8) is 0 Å². The van der Waals surface area contributed by atoms with Crippen molar-refractivity contribution < 1.29 is 19.1 Å². The fourth-order valence-corrected chi connectivity index (χ4v) is 2.65. The van der Waals surface area contributed by atoms with Crippen LogP contribution in [0.25, 0.3) is 0 Å². The van der Waals surface area contributed by atoms with Gasteiger partial charge in [0, 0.05) is 24.8 Å². The molecule has 1 N–H and O–H groups in total. The molecule has 1 aromatic rings. The lowest BCUT2D eigenvalue weighted by Gasteiger charge is -2.44. The maximum Gasteiger partial charge on any atom is 0.249 e. The first kappa shape index (κ1) is 18.6. The SMILES string of the molecule is CC1(C)OCC(C)(C)[C@H](C(=O)NCCC(=O)Cc2ccccc2)O1. The van der Waals surface area contributed by atoms with E-state index in [0.717, 1.165) is 5.56 Å². The average Bonchev–Trinajstić information content (AvgIpc) is 2.51. The van der Waals surface area contributed by atoms with Gasteiger partial charge < -0.3 is 14.8 Å². The minimum atomic E-state index is -0.777. The predicted octanol–water partition coefficient (Wildman–Crippen LogP) is 2.48. The fourth-order valence-electron chi connectivity index (χ4n) is 2.65. The molecule has 0 unspecified atom stereocenters. The summed E-state index contributed by atoms with van der Waals surface area (Å²) in [6, 6.07) is 9.60. The molecule has 5 heteroatoms. The third-order valence-corrected chi connectivity index (χ3v) is 4.09. The summed E-state index contributed by atoms with van der Waals surface area (Å²) in [5, 5.41) is 2.82. The highest BCUT2D eigenvalue weighted by molar-refractivity contribution is 5.84. The summed E-state index contributed by atoms with van der Waals surface area (Å²) in [6.45, 7) is 8.24. The average molecular weight is 333 g/mol. The van der Waals surface area contributed by atoms with Crippen LogP contribution in [0.2, 0.25) is 0 Å². The van der Waals surface area contributed by atoms with Crippen LogP contribution in [0.5, 0.6) is 0 Å². The van der Waals surface area contributed by atoms with Gasteiger partial charge in [0.15, 0.2) is 5.79 Å². The second kappa shape index (κ2) is 7.45. The van der Waals surface area contributed by atoms with Crippen molar-refractivity contribution in [2.45, 2.75) is 52.4 Å². The summed E-state index contributed by atoms with van der Waals surface area (Å²) in [7, 11) is 0. The van der Waals surface area contributed by atoms with E-state index in [9.17, 15) is 9.59 Å². The Hall–Kier alpha value is -1.72. The zero-order valence-corrected chi connectivity index (χ0v) is 14.9. The second-order valence-corrected chi connectivity index (χ2v) is 7.42. The summed E-state index contributed by atoms with van der Waals surface area (Å²) >= 11 is 0. The Kier molecular flexibility index (Phi) is 5.78. The summed E-state index contributed by atoms with van der Waals surface area (Å²) in [4.78, 5) is 24.4. The lowest BCUT2D eigenvalue weighted by Crippen LogP contribution is -2.56. The molecule has 0 aromatic heterocycles. The summed E-state index contributed by atoms with van der Waals surface area (Å²) < 4.78 is 11.4. The molecular formula is C19H27NO4. The molecule has 0 spiro atoms. The van der Waals surface area contributed by atoms with Gasteiger partial charge >= 0.3 is 0 Å². The van der Waals surface area contributed by atoms with Gasteiger partial charge in [0.1, 0.15) is 11.9 Å². The van der Waals surface area contributed by atoms with E-state index in [1.807, 2.05) is 44.2 Å². The fraction of sp³-hybridized carbons (Fsp3) is 0.579. The van der Waals surface area contributed by atoms with Crippen LogP contribution in [0.15, 0.2) is 30.3 Å². The van der Waals surface area contributed by atoms with Crippen LogP contribution in [0, 0.1) is 5.41 Å². The number of hydrogen-bond acceptors (Lipinski definition) is 4. The normalized spacial score (nSPS) is 21.9. The van der Waals surface area contributed by atoms with Crippen molar-refractivity contribution in [2.24, 2.45) is 5.41 Å². The van der Waals surface area contributed by atoms with E-state index in [4.69, 9.17) is 9.47 Å². The number of ketones is 1. The molecule has 1 aromatic carbocycles. The molecule has 0 aliphatic carbocycles. The van der Waals surface area contributed by atoms with Crippen LogP contribution in [0.3, 0.4) is 0 Å². The van der Waals surface area contributed by atoms with E-state index >= 15 is 0 Å². The second-order valence-electron chi connectivity index (χ2n) is 7.42. The predicted molar refractivity (Wildman–Crippen MR) is 91.5 cm³/mol.